The summed E-state index contributed by atoms with van der Waals surface area (Å²) in [7, 11) is 0. The fourth-order valence-corrected chi connectivity index (χ4v) is 5.08. The Balaban J connectivity index is 1.45. The molecule has 6 aromatic carbocycles. The average molecular weight is 511 g/mol. The van der Waals surface area contributed by atoms with Crippen molar-refractivity contribution in [2.75, 3.05) is 0 Å². The van der Waals surface area contributed by atoms with Crippen molar-refractivity contribution < 1.29 is 0 Å². The van der Waals surface area contributed by atoms with Crippen LogP contribution < -0.4 is 0 Å². The molecular weight excluding hydrogens is 488 g/mol. The summed E-state index contributed by atoms with van der Waals surface area (Å²) in [6.45, 7) is 0. The third-order valence-electron chi connectivity index (χ3n) is 7.12. The van der Waals surface area contributed by atoms with Gasteiger partial charge in [-0.3, -0.25) is 0 Å². The number of fused-ring (bicyclic) bond motifs is 2. The minimum atomic E-state index is 0.564. The first-order chi connectivity index (χ1) is 19.7. The number of rotatable bonds is 4. The van der Waals surface area contributed by atoms with Crippen molar-refractivity contribution in [3.63, 3.8) is 0 Å². The lowest BCUT2D eigenvalue weighted by molar-refractivity contribution is 1.07. The molecule has 7 aromatic rings. The lowest BCUT2D eigenvalue weighted by Crippen LogP contribution is -2.00. The number of benzene rings is 6. The van der Waals surface area contributed by atoms with Crippen LogP contribution in [-0.4, -0.2) is 15.0 Å². The van der Waals surface area contributed by atoms with Gasteiger partial charge in [-0.05, 0) is 75.1 Å². The van der Waals surface area contributed by atoms with Gasteiger partial charge in [-0.1, -0.05) is 91.0 Å². The number of aromatic nitrogens is 3. The number of hydrogen-bond donors (Lipinski definition) is 0. The summed E-state index contributed by atoms with van der Waals surface area (Å²) in [4.78, 5) is 14.7. The molecule has 7 rings (SSSR count). The Morgan fingerprint density at radius 1 is 0.425 bits per heavy atom. The molecule has 0 amide bonds. The second-order valence-corrected chi connectivity index (χ2v) is 9.67. The van der Waals surface area contributed by atoms with E-state index in [1.165, 1.54) is 16.2 Å². The van der Waals surface area contributed by atoms with Crippen LogP contribution in [0.25, 0.3) is 66.8 Å². The van der Waals surface area contributed by atoms with Crippen molar-refractivity contribution in [3.05, 3.63) is 139 Å². The second kappa shape index (κ2) is 9.90. The quantitative estimate of drug-likeness (QED) is 0.237. The topological polar surface area (TPSA) is 62.5 Å². The molecule has 0 aliphatic heterocycles. The van der Waals surface area contributed by atoms with Crippen LogP contribution in [0.5, 0.6) is 0 Å². The third kappa shape index (κ3) is 4.36. The largest absolute Gasteiger partial charge is 0.208 e. The lowest BCUT2D eigenvalue weighted by atomic mass is 9.94. The van der Waals surface area contributed by atoms with Crippen molar-refractivity contribution in [1.29, 1.82) is 5.26 Å². The van der Waals surface area contributed by atoms with Gasteiger partial charge in [0.05, 0.1) is 11.6 Å². The van der Waals surface area contributed by atoms with Gasteiger partial charge in [-0.2, -0.15) is 5.26 Å². The zero-order chi connectivity index (χ0) is 26.9. The Morgan fingerprint density at radius 2 is 0.975 bits per heavy atom. The highest BCUT2D eigenvalue weighted by Gasteiger charge is 2.15. The Labute approximate surface area is 231 Å². The predicted molar refractivity (Wildman–Crippen MR) is 161 cm³/mol. The fourth-order valence-electron chi connectivity index (χ4n) is 5.08. The van der Waals surface area contributed by atoms with Gasteiger partial charge in [0.15, 0.2) is 17.5 Å². The first-order valence-corrected chi connectivity index (χ1v) is 13.1. The van der Waals surface area contributed by atoms with Crippen LogP contribution in [0.1, 0.15) is 5.56 Å². The molecule has 0 fully saturated rings. The van der Waals surface area contributed by atoms with E-state index in [2.05, 4.69) is 84.9 Å². The molecule has 1 aromatic heterocycles. The highest BCUT2D eigenvalue weighted by molar-refractivity contribution is 6.01. The van der Waals surface area contributed by atoms with Crippen molar-refractivity contribution in [2.45, 2.75) is 0 Å². The van der Waals surface area contributed by atoms with Gasteiger partial charge in [0.2, 0.25) is 0 Å². The SMILES string of the molecule is N#Cc1ccc(-c2nc(-c3ccccc3)nc(-c3cc(-c4ccc5ccccc5c4)c4ccccc4c3)n2)cc1. The van der Waals surface area contributed by atoms with Gasteiger partial charge in [0.25, 0.3) is 0 Å². The second-order valence-electron chi connectivity index (χ2n) is 9.67. The van der Waals surface area contributed by atoms with E-state index in [1.807, 2.05) is 42.5 Å². The molecule has 0 aliphatic carbocycles. The molecular formula is C36H22N4. The van der Waals surface area contributed by atoms with Crippen LogP contribution in [0.4, 0.5) is 0 Å². The minimum absolute atomic E-state index is 0.564. The molecule has 1 heterocycles. The summed E-state index contributed by atoms with van der Waals surface area (Å²) in [5.74, 6) is 1.76. The maximum Gasteiger partial charge on any atom is 0.164 e. The molecule has 0 unspecified atom stereocenters. The highest BCUT2D eigenvalue weighted by atomic mass is 15.0. The summed E-state index contributed by atoms with van der Waals surface area (Å²) in [6, 6.07) is 47.2. The van der Waals surface area contributed by atoms with Crippen LogP contribution in [0.15, 0.2) is 133 Å². The Hall–Kier alpha value is -5.66. The van der Waals surface area contributed by atoms with Crippen LogP contribution in [0, 0.1) is 11.3 Å². The summed E-state index contributed by atoms with van der Waals surface area (Å²) in [5, 5.41) is 14.0. The van der Waals surface area contributed by atoms with Crippen molar-refractivity contribution in [2.24, 2.45) is 0 Å². The van der Waals surface area contributed by atoms with E-state index in [0.717, 1.165) is 33.2 Å². The van der Waals surface area contributed by atoms with E-state index >= 15 is 0 Å². The zero-order valence-corrected chi connectivity index (χ0v) is 21.5. The van der Waals surface area contributed by atoms with Crippen LogP contribution in [-0.2, 0) is 0 Å². The van der Waals surface area contributed by atoms with Gasteiger partial charge < -0.3 is 0 Å². The first kappa shape index (κ1) is 23.5. The first-order valence-electron chi connectivity index (χ1n) is 13.1. The molecule has 40 heavy (non-hydrogen) atoms. The van der Waals surface area contributed by atoms with E-state index in [0.29, 0.717) is 23.0 Å². The Kier molecular flexibility index (Phi) is 5.81. The molecule has 0 spiro atoms. The molecule has 0 saturated heterocycles. The van der Waals surface area contributed by atoms with E-state index in [1.54, 1.807) is 12.1 Å². The van der Waals surface area contributed by atoms with Crippen LogP contribution in [0.2, 0.25) is 0 Å². The lowest BCUT2D eigenvalue weighted by Gasteiger charge is -2.13. The van der Waals surface area contributed by atoms with Crippen molar-refractivity contribution >= 4 is 21.5 Å². The maximum atomic E-state index is 9.26. The molecule has 186 valence electrons. The smallest absolute Gasteiger partial charge is 0.164 e. The molecule has 4 heteroatoms. The van der Waals surface area contributed by atoms with Crippen molar-refractivity contribution in [3.8, 4) is 51.4 Å². The van der Waals surface area contributed by atoms with E-state index in [-0.39, 0.29) is 0 Å². The van der Waals surface area contributed by atoms with Gasteiger partial charge in [0, 0.05) is 16.7 Å². The maximum absolute atomic E-state index is 9.26. The van der Waals surface area contributed by atoms with Crippen molar-refractivity contribution in [1.82, 2.24) is 15.0 Å². The summed E-state index contributed by atoms with van der Waals surface area (Å²) >= 11 is 0. The van der Waals surface area contributed by atoms with Gasteiger partial charge >= 0.3 is 0 Å². The monoisotopic (exact) mass is 510 g/mol. The molecule has 0 aliphatic rings. The molecule has 0 bridgehead atoms. The Bertz CT molecular complexity index is 2060. The number of nitrogens with zero attached hydrogens (tertiary/aromatic N) is 4. The molecule has 4 nitrogen and oxygen atoms in total. The van der Waals surface area contributed by atoms with Crippen LogP contribution in [0.3, 0.4) is 0 Å². The Morgan fingerprint density at radius 3 is 1.70 bits per heavy atom. The van der Waals surface area contributed by atoms with Gasteiger partial charge in [0.1, 0.15) is 0 Å². The highest BCUT2D eigenvalue weighted by Crippen LogP contribution is 2.35. The molecule has 0 radical (unpaired) electrons. The predicted octanol–water partition coefficient (Wildman–Crippen LogP) is 8.72. The minimum Gasteiger partial charge on any atom is -0.208 e. The fraction of sp³-hybridized carbons (Fsp3) is 0. The number of nitriles is 1. The average Bonchev–Trinajstić information content (AvgIpc) is 3.04. The third-order valence-corrected chi connectivity index (χ3v) is 7.12. The summed E-state index contributed by atoms with van der Waals surface area (Å²) < 4.78 is 0. The molecule has 0 atom stereocenters. The molecule has 0 N–H and O–H groups in total. The standard InChI is InChI=1S/C36H22N4/c37-23-24-14-16-27(17-15-24)35-38-34(26-9-2-1-3-10-26)39-36(40-35)31-21-29-12-6-7-13-32(29)33(22-31)30-19-18-25-8-4-5-11-28(25)20-30/h1-22H. The van der Waals surface area contributed by atoms with Crippen LogP contribution >= 0.6 is 0 Å². The van der Waals surface area contributed by atoms with E-state index < -0.39 is 0 Å². The normalized spacial score (nSPS) is 11.0. The van der Waals surface area contributed by atoms with Gasteiger partial charge in [-0.25, -0.2) is 15.0 Å². The summed E-state index contributed by atoms with van der Waals surface area (Å²) in [5.41, 5.74) is 5.51. The van der Waals surface area contributed by atoms with E-state index in [4.69, 9.17) is 15.0 Å². The summed E-state index contributed by atoms with van der Waals surface area (Å²) in [6.07, 6.45) is 0. The number of hydrogen-bond acceptors (Lipinski definition) is 4. The van der Waals surface area contributed by atoms with Gasteiger partial charge in [-0.15, -0.1) is 0 Å². The zero-order valence-electron chi connectivity index (χ0n) is 21.5. The van der Waals surface area contributed by atoms with E-state index in [9.17, 15) is 5.26 Å². The molecule has 0 saturated carbocycles.